The smallest absolute Gasteiger partial charge is 0.408 e. The number of benzene rings is 3. The summed E-state index contributed by atoms with van der Waals surface area (Å²) in [4.78, 5) is 32.7. The van der Waals surface area contributed by atoms with Gasteiger partial charge in [0.05, 0.1) is 17.3 Å². The second-order valence-corrected chi connectivity index (χ2v) is 11.9. The minimum atomic E-state index is -0.626. The Morgan fingerprint density at radius 1 is 0.953 bits per heavy atom. The molecule has 4 aromatic rings. The molecule has 2 amide bonds. The first kappa shape index (κ1) is 31.8. The number of aromatic nitrogens is 1. The summed E-state index contributed by atoms with van der Waals surface area (Å²) >= 11 is 6.16. The van der Waals surface area contributed by atoms with Crippen LogP contribution in [-0.2, 0) is 11.2 Å². The number of rotatable bonds is 10. The predicted octanol–water partition coefficient (Wildman–Crippen LogP) is 8.74. The van der Waals surface area contributed by atoms with E-state index in [-0.39, 0.29) is 11.9 Å². The van der Waals surface area contributed by atoms with E-state index in [0.717, 1.165) is 33.3 Å². The van der Waals surface area contributed by atoms with Gasteiger partial charge in [-0.25, -0.2) is 9.78 Å². The number of ether oxygens (including phenoxy) is 1. The van der Waals surface area contributed by atoms with Crippen molar-refractivity contribution in [1.82, 2.24) is 15.2 Å². The van der Waals surface area contributed by atoms with E-state index in [9.17, 15) is 9.59 Å². The Kier molecular flexibility index (Phi) is 10.6. The number of hydrogen-bond acceptors (Lipinski definition) is 4. The normalized spacial score (nSPS) is 12.3. The van der Waals surface area contributed by atoms with Gasteiger partial charge in [0.15, 0.2) is 0 Å². The molecular weight excluding hydrogens is 558 g/mol. The number of aryl methyl sites for hydroxylation is 1. The molecule has 3 aromatic carbocycles. The van der Waals surface area contributed by atoms with Crippen molar-refractivity contribution < 1.29 is 14.3 Å². The summed E-state index contributed by atoms with van der Waals surface area (Å²) in [7, 11) is 0. The highest BCUT2D eigenvalue weighted by atomic mass is 35.5. The van der Waals surface area contributed by atoms with Gasteiger partial charge in [0.1, 0.15) is 5.60 Å². The Balaban J connectivity index is 1.59. The number of pyridine rings is 1. The summed E-state index contributed by atoms with van der Waals surface area (Å²) < 4.78 is 5.60. The molecule has 0 bridgehead atoms. The molecule has 6 nitrogen and oxygen atoms in total. The van der Waals surface area contributed by atoms with Gasteiger partial charge >= 0.3 is 6.09 Å². The monoisotopic (exact) mass is 597 g/mol. The number of nitrogens with zero attached hydrogens (tertiary/aromatic N) is 2. The first-order valence-corrected chi connectivity index (χ1v) is 15.1. The summed E-state index contributed by atoms with van der Waals surface area (Å²) in [5, 5.41) is 4.75. The van der Waals surface area contributed by atoms with Gasteiger partial charge in [-0.05, 0) is 101 Å². The van der Waals surface area contributed by atoms with Crippen LogP contribution in [-0.4, -0.2) is 40.6 Å². The fraction of sp³-hybridized carbons (Fsp3) is 0.306. The van der Waals surface area contributed by atoms with E-state index in [1.807, 2.05) is 124 Å². The third-order valence-electron chi connectivity index (χ3n) is 7.13. The van der Waals surface area contributed by atoms with Crippen LogP contribution in [0.4, 0.5) is 4.79 Å². The molecule has 1 aromatic heterocycles. The number of carbonyl (C=O) groups excluding carboxylic acids is 2. The molecule has 1 heterocycles. The van der Waals surface area contributed by atoms with Crippen LogP contribution in [0.15, 0.2) is 78.9 Å². The largest absolute Gasteiger partial charge is 0.444 e. The van der Waals surface area contributed by atoms with Gasteiger partial charge < -0.3 is 15.0 Å². The molecule has 0 fully saturated rings. The van der Waals surface area contributed by atoms with Crippen molar-refractivity contribution in [2.45, 2.75) is 59.1 Å². The molecule has 1 unspecified atom stereocenters. The molecule has 4 rings (SSSR count). The Hall–Kier alpha value is -4.16. The van der Waals surface area contributed by atoms with Crippen LogP contribution in [0.2, 0.25) is 5.02 Å². The summed E-state index contributed by atoms with van der Waals surface area (Å²) in [6.07, 6.45) is 4.68. The molecule has 0 saturated carbocycles. The van der Waals surface area contributed by atoms with E-state index in [0.29, 0.717) is 36.5 Å². The topological polar surface area (TPSA) is 71.5 Å². The van der Waals surface area contributed by atoms with E-state index in [1.54, 1.807) is 0 Å². The summed E-state index contributed by atoms with van der Waals surface area (Å²) in [6, 6.07) is 25.1. The fourth-order valence-corrected chi connectivity index (χ4v) is 5.13. The van der Waals surface area contributed by atoms with Crippen molar-refractivity contribution in [2.24, 2.45) is 0 Å². The number of nitrogens with one attached hydrogen (secondary N) is 1. The zero-order chi connectivity index (χ0) is 31.0. The van der Waals surface area contributed by atoms with E-state index < -0.39 is 11.7 Å². The average molecular weight is 598 g/mol. The summed E-state index contributed by atoms with van der Waals surface area (Å²) in [5.74, 6) is 0.0222. The summed E-state index contributed by atoms with van der Waals surface area (Å²) in [5.41, 5.74) is 4.59. The number of alkyl carbamates (subject to hydrolysis) is 1. The maximum Gasteiger partial charge on any atom is 0.408 e. The maximum atomic E-state index is 13.2. The van der Waals surface area contributed by atoms with Crippen LogP contribution in [0.5, 0.6) is 0 Å². The van der Waals surface area contributed by atoms with Crippen molar-refractivity contribution in [3.8, 4) is 0 Å². The highest BCUT2D eigenvalue weighted by molar-refractivity contribution is 6.31. The van der Waals surface area contributed by atoms with Gasteiger partial charge in [-0.15, -0.1) is 0 Å². The second-order valence-electron chi connectivity index (χ2n) is 11.4. The lowest BCUT2D eigenvalue weighted by Gasteiger charge is -2.25. The number of halogens is 1. The number of amides is 2. The fourth-order valence-electron chi connectivity index (χ4n) is 4.96. The predicted molar refractivity (Wildman–Crippen MR) is 176 cm³/mol. The number of hydrogen-bond donors (Lipinski definition) is 1. The lowest BCUT2D eigenvalue weighted by atomic mass is 9.95. The van der Waals surface area contributed by atoms with Crippen LogP contribution in [0.1, 0.15) is 79.8 Å². The molecule has 0 spiro atoms. The molecule has 1 N–H and O–H groups in total. The van der Waals surface area contributed by atoms with Crippen LogP contribution >= 0.6 is 11.6 Å². The Bertz CT molecular complexity index is 1610. The Labute approximate surface area is 259 Å². The first-order valence-electron chi connectivity index (χ1n) is 14.8. The zero-order valence-electron chi connectivity index (χ0n) is 25.6. The van der Waals surface area contributed by atoms with Crippen molar-refractivity contribution in [1.29, 1.82) is 0 Å². The highest BCUT2D eigenvalue weighted by Gasteiger charge is 2.22. The molecular formula is C36H40ClN3O3. The minimum Gasteiger partial charge on any atom is -0.444 e. The van der Waals surface area contributed by atoms with E-state index in [2.05, 4.69) is 11.4 Å². The molecule has 0 aliphatic carbocycles. The van der Waals surface area contributed by atoms with Crippen molar-refractivity contribution in [2.75, 3.05) is 13.1 Å². The molecule has 7 heteroatoms. The molecule has 0 saturated heterocycles. The van der Waals surface area contributed by atoms with Crippen LogP contribution in [0, 0.1) is 0 Å². The van der Waals surface area contributed by atoms with Gasteiger partial charge in [-0.1, -0.05) is 66.2 Å². The molecule has 0 radical (unpaired) electrons. The van der Waals surface area contributed by atoms with Gasteiger partial charge in [0.25, 0.3) is 5.91 Å². The molecule has 0 aliphatic rings. The van der Waals surface area contributed by atoms with Gasteiger partial charge in [0, 0.05) is 29.1 Å². The van der Waals surface area contributed by atoms with E-state index in [1.165, 1.54) is 0 Å². The third kappa shape index (κ3) is 8.91. The first-order chi connectivity index (χ1) is 20.6. The van der Waals surface area contributed by atoms with Gasteiger partial charge in [0.2, 0.25) is 0 Å². The van der Waals surface area contributed by atoms with Crippen molar-refractivity contribution >= 4 is 46.7 Å². The lowest BCUT2D eigenvalue weighted by Crippen LogP contribution is -2.35. The number of fused-ring (bicyclic) bond motifs is 1. The van der Waals surface area contributed by atoms with Crippen molar-refractivity contribution in [3.63, 3.8) is 0 Å². The van der Waals surface area contributed by atoms with Crippen molar-refractivity contribution in [3.05, 3.63) is 112 Å². The van der Waals surface area contributed by atoms with E-state index >= 15 is 0 Å². The zero-order valence-corrected chi connectivity index (χ0v) is 26.3. The average Bonchev–Trinajstić information content (AvgIpc) is 2.98. The van der Waals surface area contributed by atoms with Gasteiger partial charge in [-0.3, -0.25) is 4.79 Å². The SMILES string of the molecule is CCN(CC)C(=O)c1ccccc1CCC(NC(=O)OC(C)(C)C)c1cccc(C=Cc2ccc3ccc(Cl)cc3n2)c1. The molecule has 43 heavy (non-hydrogen) atoms. The second kappa shape index (κ2) is 14.3. The third-order valence-corrected chi connectivity index (χ3v) is 7.36. The Morgan fingerprint density at radius 3 is 2.44 bits per heavy atom. The summed E-state index contributed by atoms with van der Waals surface area (Å²) in [6.45, 7) is 10.8. The van der Waals surface area contributed by atoms with Gasteiger partial charge in [-0.2, -0.15) is 0 Å². The number of carbonyl (C=O) groups is 2. The lowest BCUT2D eigenvalue weighted by molar-refractivity contribution is 0.0500. The maximum absolute atomic E-state index is 13.2. The van der Waals surface area contributed by atoms with Crippen LogP contribution in [0.25, 0.3) is 23.1 Å². The highest BCUT2D eigenvalue weighted by Crippen LogP contribution is 2.25. The standard InChI is InChI=1S/C36H40ClN3O3/c1-6-40(7-2)34(41)31-14-9-8-12-26(31)18-22-32(39-35(42)43-36(3,4)5)28-13-10-11-25(23-28)15-20-30-21-17-27-16-19-29(37)24-33(27)38-30/h8-17,19-21,23-24,32H,6-7,18,22H2,1-5H3,(H,39,42). The van der Waals surface area contributed by atoms with Crippen LogP contribution < -0.4 is 5.32 Å². The quantitative estimate of drug-likeness (QED) is 0.198. The molecule has 1 atom stereocenters. The molecule has 224 valence electrons. The minimum absolute atomic E-state index is 0.0222. The molecule has 0 aliphatic heterocycles. The van der Waals surface area contributed by atoms with E-state index in [4.69, 9.17) is 21.3 Å². The Morgan fingerprint density at radius 2 is 1.70 bits per heavy atom. The van der Waals surface area contributed by atoms with Crippen LogP contribution in [0.3, 0.4) is 0 Å².